The number of amides is 2. The Morgan fingerprint density at radius 1 is 0.763 bits per heavy atom. The number of nitrogens with one attached hydrogen (secondary N) is 2. The number of nitrogens with two attached hydrogens (primary N) is 2. The molecule has 0 aliphatic rings. The maximum absolute atomic E-state index is 12.1. The predicted molar refractivity (Wildman–Crippen MR) is 147 cm³/mol. The number of carbonyl (C=O) groups is 4. The molecule has 0 aromatic heterocycles. The summed E-state index contributed by atoms with van der Waals surface area (Å²) < 4.78 is 26.3. The second kappa shape index (κ2) is 24.4. The molecular weight excluding hydrogens is 540 g/mol. The molecule has 0 saturated carbocycles. The third-order valence-electron chi connectivity index (χ3n) is 4.55. The summed E-state index contributed by atoms with van der Waals surface area (Å²) in [5, 5.41) is 5.47. The van der Waals surface area contributed by atoms with E-state index < -0.39 is 30.1 Å². The van der Waals surface area contributed by atoms with E-state index in [-0.39, 0.29) is 18.4 Å². The van der Waals surface area contributed by atoms with Gasteiger partial charge in [0.25, 0.3) is 0 Å². The fourth-order valence-electron chi connectivity index (χ4n) is 2.62. The first-order chi connectivity index (χ1) is 18.2. The molecule has 0 fully saturated rings. The minimum absolute atomic E-state index is 0.0438. The van der Waals surface area contributed by atoms with E-state index in [4.69, 9.17) is 35.2 Å². The Morgan fingerprint density at radius 3 is 1.74 bits per heavy atom. The van der Waals surface area contributed by atoms with Crippen LogP contribution in [0.5, 0.6) is 0 Å². The Balaban J connectivity index is 3.60. The largest absolute Gasteiger partial charge is 0.462 e. The molecule has 0 aliphatic carbocycles. The van der Waals surface area contributed by atoms with Crippen molar-refractivity contribution >= 4 is 48.1 Å². The van der Waals surface area contributed by atoms with Gasteiger partial charge in [0.05, 0.1) is 38.5 Å². The molecule has 0 bridgehead atoms. The van der Waals surface area contributed by atoms with Gasteiger partial charge in [0.2, 0.25) is 11.8 Å². The first kappa shape index (κ1) is 36.4. The van der Waals surface area contributed by atoms with Gasteiger partial charge in [-0.25, -0.2) is 0 Å². The van der Waals surface area contributed by atoms with Crippen molar-refractivity contribution in [2.45, 2.75) is 44.9 Å². The molecule has 0 radical (unpaired) electrons. The molecule has 0 aromatic rings. The molecule has 15 heteroatoms. The van der Waals surface area contributed by atoms with Crippen LogP contribution in [-0.2, 0) is 42.9 Å². The van der Waals surface area contributed by atoms with Crippen molar-refractivity contribution in [2.75, 3.05) is 76.6 Å². The van der Waals surface area contributed by atoms with Crippen molar-refractivity contribution in [1.29, 1.82) is 0 Å². The van der Waals surface area contributed by atoms with E-state index in [0.717, 1.165) is 0 Å². The molecule has 0 rings (SSSR count). The van der Waals surface area contributed by atoms with E-state index in [1.807, 2.05) is 0 Å². The van der Waals surface area contributed by atoms with Crippen LogP contribution in [0.4, 0.5) is 0 Å². The first-order valence-corrected chi connectivity index (χ1v) is 14.2. The Morgan fingerprint density at radius 2 is 1.26 bits per heavy atom. The standard InChI is InChI=1S/C23H44N4O9S2/c1-17(28)35-13-19(36-18(2)29)15-38-16-21(25)23(31)27-6-4-8-33-10-12-34-11-9-32-7-3-5-26-22(30)20(24)14-37/h19-21,37H,3-16,24-25H2,1-2H3,(H,26,30)(H,27,31)/t19-,20?,21+/m1/s1. The molecule has 0 saturated heterocycles. The van der Waals surface area contributed by atoms with Gasteiger partial charge in [-0.15, -0.1) is 0 Å². The van der Waals surface area contributed by atoms with E-state index in [2.05, 4.69) is 23.3 Å². The molecule has 13 nitrogen and oxygen atoms in total. The van der Waals surface area contributed by atoms with Crippen LogP contribution in [-0.4, -0.2) is 119 Å². The lowest BCUT2D eigenvalue weighted by Gasteiger charge is -2.17. The van der Waals surface area contributed by atoms with Crippen LogP contribution in [0.2, 0.25) is 0 Å². The summed E-state index contributed by atoms with van der Waals surface area (Å²) >= 11 is 5.31. The number of thioether (sulfide) groups is 1. The smallest absolute Gasteiger partial charge is 0.303 e. The molecule has 2 amide bonds. The molecule has 38 heavy (non-hydrogen) atoms. The van der Waals surface area contributed by atoms with Gasteiger partial charge in [0.15, 0.2) is 0 Å². The number of hydrogen-bond donors (Lipinski definition) is 5. The van der Waals surface area contributed by atoms with Gasteiger partial charge in [-0.2, -0.15) is 24.4 Å². The minimum atomic E-state index is -0.724. The Labute approximate surface area is 234 Å². The van der Waals surface area contributed by atoms with Crippen molar-refractivity contribution in [3.63, 3.8) is 0 Å². The monoisotopic (exact) mass is 584 g/mol. The van der Waals surface area contributed by atoms with Crippen LogP contribution in [0.1, 0.15) is 26.7 Å². The van der Waals surface area contributed by atoms with Crippen molar-refractivity contribution < 1.29 is 42.9 Å². The molecule has 0 aromatic carbocycles. The van der Waals surface area contributed by atoms with Gasteiger partial charge in [-0.05, 0) is 12.8 Å². The molecule has 3 atom stereocenters. The number of esters is 2. The summed E-state index contributed by atoms with van der Waals surface area (Å²) in [5.41, 5.74) is 11.5. The molecule has 222 valence electrons. The van der Waals surface area contributed by atoms with Gasteiger partial charge in [-0.3, -0.25) is 19.2 Å². The maximum atomic E-state index is 12.1. The van der Waals surface area contributed by atoms with Gasteiger partial charge in [0, 0.05) is 57.4 Å². The lowest BCUT2D eigenvalue weighted by atomic mass is 10.3. The Bertz CT molecular complexity index is 677. The normalized spacial score (nSPS) is 13.3. The molecule has 0 spiro atoms. The van der Waals surface area contributed by atoms with Crippen molar-refractivity contribution in [3.05, 3.63) is 0 Å². The Hall–Kier alpha value is -1.62. The average molecular weight is 585 g/mol. The van der Waals surface area contributed by atoms with E-state index in [1.165, 1.54) is 25.6 Å². The number of hydrogen-bond acceptors (Lipinski definition) is 13. The van der Waals surface area contributed by atoms with E-state index >= 15 is 0 Å². The Kier molecular flexibility index (Phi) is 23.4. The minimum Gasteiger partial charge on any atom is -0.462 e. The molecular formula is C23H44N4O9S2. The van der Waals surface area contributed by atoms with E-state index in [1.54, 1.807) is 0 Å². The second-order valence-electron chi connectivity index (χ2n) is 8.09. The van der Waals surface area contributed by atoms with Gasteiger partial charge < -0.3 is 45.8 Å². The van der Waals surface area contributed by atoms with Crippen LogP contribution < -0.4 is 22.1 Å². The van der Waals surface area contributed by atoms with Crippen LogP contribution >= 0.6 is 24.4 Å². The quantitative estimate of drug-likeness (QED) is 0.0522. The third kappa shape index (κ3) is 22.4. The highest BCUT2D eigenvalue weighted by Gasteiger charge is 2.17. The zero-order valence-electron chi connectivity index (χ0n) is 22.3. The first-order valence-electron chi connectivity index (χ1n) is 12.5. The zero-order chi connectivity index (χ0) is 28.6. The number of thiol groups is 1. The summed E-state index contributed by atoms with van der Waals surface area (Å²) in [6.45, 7) is 6.15. The average Bonchev–Trinajstić information content (AvgIpc) is 2.87. The van der Waals surface area contributed by atoms with Gasteiger partial charge in [0.1, 0.15) is 12.7 Å². The molecule has 1 unspecified atom stereocenters. The molecule has 0 aliphatic heterocycles. The fourth-order valence-corrected chi connectivity index (χ4v) is 3.76. The SMILES string of the molecule is CC(=O)OC[C@H](CSC[C@H](N)C(=O)NCCCOCCOCCOCCCNC(=O)C(N)CS)OC(C)=O. The van der Waals surface area contributed by atoms with Crippen molar-refractivity contribution in [3.8, 4) is 0 Å². The number of rotatable bonds is 24. The lowest BCUT2D eigenvalue weighted by molar-refractivity contribution is -0.154. The van der Waals surface area contributed by atoms with Gasteiger partial charge >= 0.3 is 11.9 Å². The summed E-state index contributed by atoms with van der Waals surface area (Å²) in [7, 11) is 0. The second-order valence-corrected chi connectivity index (χ2v) is 9.53. The number of ether oxygens (including phenoxy) is 5. The fraction of sp³-hybridized carbons (Fsp3) is 0.826. The summed E-state index contributed by atoms with van der Waals surface area (Å²) in [6, 6.07) is -1.32. The van der Waals surface area contributed by atoms with Gasteiger partial charge in [-0.1, -0.05) is 0 Å². The van der Waals surface area contributed by atoms with Crippen molar-refractivity contribution in [2.24, 2.45) is 11.5 Å². The highest BCUT2D eigenvalue weighted by Crippen LogP contribution is 2.09. The summed E-state index contributed by atoms with van der Waals surface area (Å²) in [5.74, 6) is -0.466. The highest BCUT2D eigenvalue weighted by atomic mass is 32.2. The van der Waals surface area contributed by atoms with E-state index in [9.17, 15) is 19.2 Å². The maximum Gasteiger partial charge on any atom is 0.303 e. The van der Waals surface area contributed by atoms with Crippen LogP contribution in [0.25, 0.3) is 0 Å². The van der Waals surface area contributed by atoms with Crippen LogP contribution in [0.15, 0.2) is 0 Å². The van der Waals surface area contributed by atoms with E-state index in [0.29, 0.717) is 82.8 Å². The summed E-state index contributed by atoms with van der Waals surface area (Å²) in [4.78, 5) is 45.6. The molecule has 0 heterocycles. The van der Waals surface area contributed by atoms with Crippen molar-refractivity contribution in [1.82, 2.24) is 10.6 Å². The predicted octanol–water partition coefficient (Wildman–Crippen LogP) is -1.14. The molecule has 6 N–H and O–H groups in total. The van der Waals surface area contributed by atoms with Crippen LogP contribution in [0.3, 0.4) is 0 Å². The zero-order valence-corrected chi connectivity index (χ0v) is 24.0. The summed E-state index contributed by atoms with van der Waals surface area (Å²) in [6.07, 6.45) is 0.711. The third-order valence-corrected chi connectivity index (χ3v) is 6.15. The highest BCUT2D eigenvalue weighted by molar-refractivity contribution is 7.99. The number of carbonyl (C=O) groups excluding carboxylic acids is 4. The topological polar surface area (TPSA) is 191 Å². The lowest BCUT2D eigenvalue weighted by Crippen LogP contribution is -2.43. The van der Waals surface area contributed by atoms with Crippen LogP contribution in [0, 0.1) is 0 Å².